The Morgan fingerprint density at radius 3 is 3.18 bits per heavy atom. The van der Waals surface area contributed by atoms with Gasteiger partial charge in [-0.15, -0.1) is 5.10 Å². The fourth-order valence-electron chi connectivity index (χ4n) is 2.82. The van der Waals surface area contributed by atoms with E-state index in [1.807, 2.05) is 6.07 Å². The molecule has 1 atom stereocenters. The first-order valence-electron chi connectivity index (χ1n) is 7.39. The van der Waals surface area contributed by atoms with Crippen LogP contribution in [-0.4, -0.2) is 33.0 Å². The average Bonchev–Trinajstić information content (AvgIpc) is 3.19. The summed E-state index contributed by atoms with van der Waals surface area (Å²) < 4.78 is 6.78. The van der Waals surface area contributed by atoms with Crippen molar-refractivity contribution in [1.82, 2.24) is 20.0 Å². The van der Waals surface area contributed by atoms with Gasteiger partial charge in [-0.25, -0.2) is 0 Å². The molecule has 0 unspecified atom stereocenters. The number of carbonyl (C=O) groups is 1. The minimum Gasteiger partial charge on any atom is -0.480 e. The van der Waals surface area contributed by atoms with Crippen LogP contribution in [0.4, 0.5) is 5.82 Å². The van der Waals surface area contributed by atoms with Crippen molar-refractivity contribution in [3.8, 4) is 5.88 Å². The normalized spacial score (nSPS) is 15.2. The molecule has 0 saturated heterocycles. The summed E-state index contributed by atoms with van der Waals surface area (Å²) in [5.41, 5.74) is 1.84. The lowest BCUT2D eigenvalue weighted by atomic mass is 10.0. The molecule has 22 heavy (non-hydrogen) atoms. The lowest BCUT2D eigenvalue weighted by Gasteiger charge is -2.03. The maximum absolute atomic E-state index is 12.1. The number of carbonyl (C=O) groups excluding carboxylic acids is 1. The summed E-state index contributed by atoms with van der Waals surface area (Å²) in [4.78, 5) is 12.1. The fourth-order valence-corrected chi connectivity index (χ4v) is 2.82. The Bertz CT molecular complexity index is 655. The lowest BCUT2D eigenvalue weighted by molar-refractivity contribution is -0.115. The van der Waals surface area contributed by atoms with Crippen LogP contribution in [0.5, 0.6) is 5.88 Å². The zero-order chi connectivity index (χ0) is 15.5. The molecule has 0 spiro atoms. The van der Waals surface area contributed by atoms with E-state index in [0.29, 0.717) is 17.6 Å². The molecule has 1 amide bonds. The van der Waals surface area contributed by atoms with Crippen molar-refractivity contribution in [1.29, 1.82) is 0 Å². The molecule has 0 bridgehead atoms. The van der Waals surface area contributed by atoms with Crippen molar-refractivity contribution in [3.63, 3.8) is 0 Å². The summed E-state index contributed by atoms with van der Waals surface area (Å²) in [5, 5.41) is 14.1. The molecule has 1 radical (unpaired) electrons. The third-order valence-corrected chi connectivity index (χ3v) is 3.89. The second-order valence-electron chi connectivity index (χ2n) is 5.57. The minimum atomic E-state index is -0.137. The average molecular weight is 302 g/mol. The number of rotatable bonds is 5. The summed E-state index contributed by atoms with van der Waals surface area (Å²) in [6, 6.07) is 1.92. The summed E-state index contributed by atoms with van der Waals surface area (Å²) in [5.74, 6) is 1.40. The van der Waals surface area contributed by atoms with E-state index in [1.54, 1.807) is 25.0 Å². The second kappa shape index (κ2) is 6.21. The topological polar surface area (TPSA) is 84.8 Å². The van der Waals surface area contributed by atoms with Crippen LogP contribution in [0, 0.1) is 6.42 Å². The van der Waals surface area contributed by atoms with Crippen molar-refractivity contribution in [2.24, 2.45) is 7.05 Å². The maximum Gasteiger partial charge on any atom is 0.236 e. The predicted molar refractivity (Wildman–Crippen MR) is 81.6 cm³/mol. The quantitative estimate of drug-likeness (QED) is 0.882. The Morgan fingerprint density at radius 2 is 2.45 bits per heavy atom. The fraction of sp³-hybridized carbons (Fsp3) is 0.467. The van der Waals surface area contributed by atoms with Gasteiger partial charge in [0, 0.05) is 36.5 Å². The number of methoxy groups -OCH3 is 1. The molecule has 2 aromatic rings. The van der Waals surface area contributed by atoms with E-state index in [2.05, 4.69) is 27.0 Å². The van der Waals surface area contributed by atoms with Crippen molar-refractivity contribution in [3.05, 3.63) is 29.9 Å². The standard InChI is InChI=1S/C15H20N5O2/c1-20-9-11(15(19-20)22-2)7-14(21)16-13-8-12(17-18-13)10-5-3-4-6-10/h3,8-10H,4-7H2,1-2H3,(H2,16,17,18,21)/t10-/m0/s1. The second-order valence-corrected chi connectivity index (χ2v) is 5.57. The van der Waals surface area contributed by atoms with Crippen LogP contribution in [0.3, 0.4) is 0 Å². The van der Waals surface area contributed by atoms with Gasteiger partial charge in [0.2, 0.25) is 11.8 Å². The lowest BCUT2D eigenvalue weighted by Crippen LogP contribution is -2.14. The zero-order valence-corrected chi connectivity index (χ0v) is 12.8. The first-order chi connectivity index (χ1) is 10.7. The molecule has 117 valence electrons. The van der Waals surface area contributed by atoms with Gasteiger partial charge in [0.25, 0.3) is 0 Å². The van der Waals surface area contributed by atoms with E-state index in [9.17, 15) is 4.79 Å². The van der Waals surface area contributed by atoms with Crippen LogP contribution >= 0.6 is 0 Å². The van der Waals surface area contributed by atoms with Gasteiger partial charge < -0.3 is 10.1 Å². The number of ether oxygens (including phenoxy) is 1. The molecule has 3 rings (SSSR count). The SMILES string of the molecule is COc1nn(C)cc1CC(=O)Nc1cc([C@H]2C[CH]CC2)[nH]n1. The monoisotopic (exact) mass is 302 g/mol. The molecular weight excluding hydrogens is 282 g/mol. The first kappa shape index (κ1) is 14.6. The Balaban J connectivity index is 1.61. The van der Waals surface area contributed by atoms with E-state index >= 15 is 0 Å². The number of nitrogens with zero attached hydrogens (tertiary/aromatic N) is 3. The molecule has 1 saturated carbocycles. The Morgan fingerprint density at radius 1 is 1.59 bits per heavy atom. The van der Waals surface area contributed by atoms with Crippen molar-refractivity contribution < 1.29 is 9.53 Å². The molecule has 1 aliphatic rings. The van der Waals surface area contributed by atoms with Gasteiger partial charge in [0.05, 0.1) is 13.5 Å². The Kier molecular flexibility index (Phi) is 4.13. The maximum atomic E-state index is 12.1. The molecule has 2 aromatic heterocycles. The van der Waals surface area contributed by atoms with Gasteiger partial charge in [0.15, 0.2) is 5.82 Å². The molecule has 0 aliphatic heterocycles. The largest absolute Gasteiger partial charge is 0.480 e. The molecule has 0 aromatic carbocycles. The summed E-state index contributed by atoms with van der Waals surface area (Å²) >= 11 is 0. The summed E-state index contributed by atoms with van der Waals surface area (Å²) in [7, 11) is 3.34. The number of aromatic amines is 1. The van der Waals surface area contributed by atoms with Gasteiger partial charge in [-0.3, -0.25) is 14.6 Å². The van der Waals surface area contributed by atoms with Crippen LogP contribution in [-0.2, 0) is 18.3 Å². The number of hydrogen-bond donors (Lipinski definition) is 2. The Hall–Kier alpha value is -2.31. The van der Waals surface area contributed by atoms with Crippen molar-refractivity contribution in [2.45, 2.75) is 31.6 Å². The summed E-state index contributed by atoms with van der Waals surface area (Å²) in [6.07, 6.45) is 7.63. The van der Waals surface area contributed by atoms with Crippen LogP contribution < -0.4 is 10.1 Å². The molecular formula is C15H20N5O2. The van der Waals surface area contributed by atoms with Crippen molar-refractivity contribution in [2.75, 3.05) is 12.4 Å². The van der Waals surface area contributed by atoms with Gasteiger partial charge in [0.1, 0.15) is 0 Å². The van der Waals surface area contributed by atoms with Crippen LogP contribution in [0.25, 0.3) is 0 Å². The molecule has 2 N–H and O–H groups in total. The van der Waals surface area contributed by atoms with Gasteiger partial charge in [-0.05, 0) is 25.7 Å². The van der Waals surface area contributed by atoms with Crippen molar-refractivity contribution >= 4 is 11.7 Å². The third-order valence-electron chi connectivity index (χ3n) is 3.89. The van der Waals surface area contributed by atoms with Crippen LogP contribution in [0.15, 0.2) is 12.3 Å². The predicted octanol–water partition coefficient (Wildman–Crippen LogP) is 1.80. The highest BCUT2D eigenvalue weighted by Crippen LogP contribution is 2.33. The Labute approximate surface area is 129 Å². The smallest absolute Gasteiger partial charge is 0.236 e. The molecule has 1 aliphatic carbocycles. The van der Waals surface area contributed by atoms with E-state index in [0.717, 1.165) is 30.5 Å². The molecule has 1 fully saturated rings. The van der Waals surface area contributed by atoms with Crippen LogP contribution in [0.2, 0.25) is 0 Å². The van der Waals surface area contributed by atoms with Gasteiger partial charge >= 0.3 is 0 Å². The summed E-state index contributed by atoms with van der Waals surface area (Å²) in [6.45, 7) is 0. The van der Waals surface area contributed by atoms with E-state index in [4.69, 9.17) is 4.74 Å². The number of amides is 1. The van der Waals surface area contributed by atoms with E-state index < -0.39 is 0 Å². The van der Waals surface area contributed by atoms with Gasteiger partial charge in [-0.2, -0.15) is 5.10 Å². The molecule has 7 heteroatoms. The van der Waals surface area contributed by atoms with E-state index in [-0.39, 0.29) is 12.3 Å². The number of anilines is 1. The zero-order valence-electron chi connectivity index (χ0n) is 12.8. The highest BCUT2D eigenvalue weighted by molar-refractivity contribution is 5.91. The number of aryl methyl sites for hydroxylation is 1. The highest BCUT2D eigenvalue weighted by atomic mass is 16.5. The molecule has 7 nitrogen and oxygen atoms in total. The number of hydrogen-bond acceptors (Lipinski definition) is 4. The van der Waals surface area contributed by atoms with Crippen LogP contribution in [0.1, 0.15) is 36.4 Å². The minimum absolute atomic E-state index is 0.137. The highest BCUT2D eigenvalue weighted by Gasteiger charge is 2.20. The third kappa shape index (κ3) is 3.13. The number of H-pyrrole nitrogens is 1. The van der Waals surface area contributed by atoms with Gasteiger partial charge in [-0.1, -0.05) is 0 Å². The number of nitrogens with one attached hydrogen (secondary N) is 2. The first-order valence-corrected chi connectivity index (χ1v) is 7.39. The van der Waals surface area contributed by atoms with E-state index in [1.165, 1.54) is 0 Å². The number of aromatic nitrogens is 4. The molecule has 2 heterocycles.